The molecule has 0 aliphatic rings. The minimum absolute atomic E-state index is 0.127. The van der Waals surface area contributed by atoms with Gasteiger partial charge in [0, 0.05) is 17.1 Å². The molecule has 1 heterocycles. The van der Waals surface area contributed by atoms with Crippen LogP contribution in [-0.4, -0.2) is 16.2 Å². The normalized spacial score (nSPS) is 9.42. The van der Waals surface area contributed by atoms with E-state index in [1.54, 1.807) is 12.1 Å². The topological polar surface area (TPSA) is 59.4 Å². The Balaban J connectivity index is 2.89. The standard InChI is InChI=1S/C7H6BrNO3/c8-4-5-2-1-3-9-6(5)12-7(10)11/h1-3H,4H2,(H,10,11). The monoisotopic (exact) mass is 231 g/mol. The molecule has 0 radical (unpaired) electrons. The highest BCUT2D eigenvalue weighted by molar-refractivity contribution is 9.08. The molecule has 0 fully saturated rings. The van der Waals surface area contributed by atoms with Crippen LogP contribution >= 0.6 is 15.9 Å². The van der Waals surface area contributed by atoms with E-state index in [0.29, 0.717) is 10.9 Å². The van der Waals surface area contributed by atoms with Crippen LogP contribution in [0.25, 0.3) is 0 Å². The number of rotatable bonds is 2. The Labute approximate surface area is 77.3 Å². The van der Waals surface area contributed by atoms with Crippen molar-refractivity contribution < 1.29 is 14.6 Å². The highest BCUT2D eigenvalue weighted by Gasteiger charge is 2.06. The summed E-state index contributed by atoms with van der Waals surface area (Å²) in [6.07, 6.45) is 0.126. The van der Waals surface area contributed by atoms with Crippen molar-refractivity contribution in [3.8, 4) is 5.88 Å². The average Bonchev–Trinajstić information content (AvgIpc) is 2.04. The molecule has 12 heavy (non-hydrogen) atoms. The first kappa shape index (κ1) is 8.99. The molecule has 5 heteroatoms. The third kappa shape index (κ3) is 2.20. The van der Waals surface area contributed by atoms with Gasteiger partial charge in [-0.15, -0.1) is 0 Å². The Morgan fingerprint density at radius 2 is 2.50 bits per heavy atom. The summed E-state index contributed by atoms with van der Waals surface area (Å²) in [5.41, 5.74) is 0.708. The molecule has 0 amide bonds. The second-order valence-corrected chi connectivity index (χ2v) is 2.53. The molecular formula is C7H6BrNO3. The summed E-state index contributed by atoms with van der Waals surface area (Å²) >= 11 is 3.19. The second-order valence-electron chi connectivity index (χ2n) is 1.97. The van der Waals surface area contributed by atoms with E-state index in [2.05, 4.69) is 25.7 Å². The van der Waals surface area contributed by atoms with Gasteiger partial charge in [0.2, 0.25) is 5.88 Å². The van der Waals surface area contributed by atoms with Gasteiger partial charge in [-0.25, -0.2) is 9.78 Å². The first-order chi connectivity index (χ1) is 5.74. The predicted molar refractivity (Wildman–Crippen MR) is 45.5 cm³/mol. The zero-order valence-electron chi connectivity index (χ0n) is 6.03. The minimum atomic E-state index is -1.35. The number of halogens is 1. The second kappa shape index (κ2) is 4.06. The van der Waals surface area contributed by atoms with Crippen LogP contribution < -0.4 is 4.74 Å². The number of carbonyl (C=O) groups is 1. The zero-order chi connectivity index (χ0) is 8.97. The van der Waals surface area contributed by atoms with E-state index >= 15 is 0 Å². The fourth-order valence-corrected chi connectivity index (χ4v) is 1.13. The van der Waals surface area contributed by atoms with Crippen LogP contribution in [0.15, 0.2) is 18.3 Å². The Morgan fingerprint density at radius 3 is 3.08 bits per heavy atom. The number of ether oxygens (including phenoxy) is 1. The van der Waals surface area contributed by atoms with Gasteiger partial charge in [-0.05, 0) is 6.07 Å². The summed E-state index contributed by atoms with van der Waals surface area (Å²) in [6, 6.07) is 3.45. The Bertz CT molecular complexity index is 290. The fourth-order valence-electron chi connectivity index (χ4n) is 0.700. The Kier molecular flexibility index (Phi) is 3.04. The van der Waals surface area contributed by atoms with E-state index in [4.69, 9.17) is 5.11 Å². The van der Waals surface area contributed by atoms with Crippen molar-refractivity contribution in [2.75, 3.05) is 0 Å². The van der Waals surface area contributed by atoms with Crippen LogP contribution in [0.5, 0.6) is 5.88 Å². The minimum Gasteiger partial charge on any atom is -0.449 e. The lowest BCUT2D eigenvalue weighted by Crippen LogP contribution is -2.06. The molecular weight excluding hydrogens is 226 g/mol. The van der Waals surface area contributed by atoms with Crippen LogP contribution in [-0.2, 0) is 5.33 Å². The lowest BCUT2D eigenvalue weighted by molar-refractivity contribution is 0.142. The maximum atomic E-state index is 10.2. The van der Waals surface area contributed by atoms with Gasteiger partial charge >= 0.3 is 6.16 Å². The van der Waals surface area contributed by atoms with Gasteiger partial charge < -0.3 is 9.84 Å². The van der Waals surface area contributed by atoms with Gasteiger partial charge in [-0.2, -0.15) is 0 Å². The molecule has 0 saturated heterocycles. The highest BCUT2D eigenvalue weighted by Crippen LogP contribution is 2.16. The van der Waals surface area contributed by atoms with Crippen LogP contribution in [0, 0.1) is 0 Å². The van der Waals surface area contributed by atoms with Gasteiger partial charge in [0.1, 0.15) is 0 Å². The third-order valence-electron chi connectivity index (χ3n) is 1.18. The quantitative estimate of drug-likeness (QED) is 0.626. The van der Waals surface area contributed by atoms with Crippen LogP contribution in [0.3, 0.4) is 0 Å². The number of pyridine rings is 1. The molecule has 1 rings (SSSR count). The van der Waals surface area contributed by atoms with E-state index in [1.165, 1.54) is 6.20 Å². The lowest BCUT2D eigenvalue weighted by atomic mass is 10.3. The van der Waals surface area contributed by atoms with E-state index in [-0.39, 0.29) is 5.88 Å². The molecule has 4 nitrogen and oxygen atoms in total. The third-order valence-corrected chi connectivity index (χ3v) is 1.78. The molecule has 0 spiro atoms. The first-order valence-corrected chi connectivity index (χ1v) is 4.27. The van der Waals surface area contributed by atoms with Crippen molar-refractivity contribution >= 4 is 22.1 Å². The highest BCUT2D eigenvalue weighted by atomic mass is 79.9. The van der Waals surface area contributed by atoms with Gasteiger partial charge in [0.15, 0.2) is 0 Å². The maximum Gasteiger partial charge on any atom is 0.512 e. The first-order valence-electron chi connectivity index (χ1n) is 3.14. The average molecular weight is 232 g/mol. The number of nitrogens with zero attached hydrogens (tertiary/aromatic N) is 1. The van der Waals surface area contributed by atoms with E-state index in [0.717, 1.165) is 0 Å². The van der Waals surface area contributed by atoms with Crippen LogP contribution in [0.2, 0.25) is 0 Å². The molecule has 0 aliphatic heterocycles. The van der Waals surface area contributed by atoms with E-state index in [9.17, 15) is 4.79 Å². The van der Waals surface area contributed by atoms with Crippen molar-refractivity contribution in [3.05, 3.63) is 23.9 Å². The molecule has 64 valence electrons. The number of carboxylic acid groups (broad SMARTS) is 1. The van der Waals surface area contributed by atoms with E-state index < -0.39 is 6.16 Å². The summed E-state index contributed by atoms with van der Waals surface area (Å²) in [7, 11) is 0. The number of hydrogen-bond donors (Lipinski definition) is 1. The smallest absolute Gasteiger partial charge is 0.449 e. The van der Waals surface area contributed by atoms with Crippen molar-refractivity contribution in [2.45, 2.75) is 5.33 Å². The fraction of sp³-hybridized carbons (Fsp3) is 0.143. The lowest BCUT2D eigenvalue weighted by Gasteiger charge is -2.01. The Hall–Kier alpha value is -1.10. The molecule has 0 bridgehead atoms. The maximum absolute atomic E-state index is 10.2. The summed E-state index contributed by atoms with van der Waals surface area (Å²) in [5, 5.41) is 8.83. The number of alkyl halides is 1. The molecule has 1 aromatic rings. The Morgan fingerprint density at radius 1 is 1.75 bits per heavy atom. The van der Waals surface area contributed by atoms with Crippen molar-refractivity contribution in [1.82, 2.24) is 4.98 Å². The molecule has 0 aromatic carbocycles. The van der Waals surface area contributed by atoms with Gasteiger partial charge in [0.25, 0.3) is 0 Å². The summed E-state index contributed by atoms with van der Waals surface area (Å²) < 4.78 is 4.41. The molecule has 0 aliphatic carbocycles. The van der Waals surface area contributed by atoms with Gasteiger partial charge in [0.05, 0.1) is 0 Å². The van der Waals surface area contributed by atoms with Crippen LogP contribution in [0.1, 0.15) is 5.56 Å². The predicted octanol–water partition coefficient (Wildman–Crippen LogP) is 2.03. The van der Waals surface area contributed by atoms with Crippen LogP contribution in [0.4, 0.5) is 4.79 Å². The summed E-state index contributed by atoms with van der Waals surface area (Å²) in [5.74, 6) is 0.127. The SMILES string of the molecule is O=C(O)Oc1ncccc1CBr. The molecule has 0 unspecified atom stereocenters. The molecule has 0 saturated carbocycles. The van der Waals surface area contributed by atoms with Crippen molar-refractivity contribution in [2.24, 2.45) is 0 Å². The molecule has 0 atom stereocenters. The zero-order valence-corrected chi connectivity index (χ0v) is 7.61. The van der Waals surface area contributed by atoms with Crippen molar-refractivity contribution in [1.29, 1.82) is 0 Å². The number of hydrogen-bond acceptors (Lipinski definition) is 3. The summed E-state index contributed by atoms with van der Waals surface area (Å²) in [6.45, 7) is 0. The summed E-state index contributed by atoms with van der Waals surface area (Å²) in [4.78, 5) is 13.9. The van der Waals surface area contributed by atoms with Gasteiger partial charge in [-0.1, -0.05) is 22.0 Å². The molecule has 1 aromatic heterocycles. The van der Waals surface area contributed by atoms with Crippen molar-refractivity contribution in [3.63, 3.8) is 0 Å². The van der Waals surface area contributed by atoms with Gasteiger partial charge in [-0.3, -0.25) is 0 Å². The largest absolute Gasteiger partial charge is 0.512 e. The number of aromatic nitrogens is 1. The molecule has 1 N–H and O–H groups in total. The van der Waals surface area contributed by atoms with E-state index in [1.807, 2.05) is 0 Å².